The van der Waals surface area contributed by atoms with E-state index < -0.39 is 0 Å². The van der Waals surface area contributed by atoms with Crippen LogP contribution in [0.15, 0.2) is 29.6 Å². The van der Waals surface area contributed by atoms with Crippen LogP contribution in [-0.4, -0.2) is 73.5 Å². The summed E-state index contributed by atoms with van der Waals surface area (Å²) < 4.78 is 5.46. The number of hydrogen-bond donors (Lipinski definition) is 1. The van der Waals surface area contributed by atoms with Gasteiger partial charge < -0.3 is 15.0 Å². The lowest BCUT2D eigenvalue weighted by molar-refractivity contribution is 0.0169. The van der Waals surface area contributed by atoms with E-state index in [9.17, 15) is 9.59 Å². The second-order valence-corrected chi connectivity index (χ2v) is 7.90. The predicted octanol–water partition coefficient (Wildman–Crippen LogP) is 1.96. The molecule has 8 heteroatoms. The second-order valence-electron chi connectivity index (χ2n) is 6.92. The third kappa shape index (κ3) is 4.76. The van der Waals surface area contributed by atoms with Crippen LogP contribution in [0, 0.1) is 6.92 Å². The molecule has 2 amide bonds. The number of morpholine rings is 1. The first-order valence-electron chi connectivity index (χ1n) is 9.30. The monoisotopic (exact) mass is 402 g/mol. The zero-order valence-electron chi connectivity index (χ0n) is 16.5. The Balaban J connectivity index is 1.70. The molecule has 2 aromatic heterocycles. The van der Waals surface area contributed by atoms with Gasteiger partial charge in [-0.2, -0.15) is 0 Å². The van der Waals surface area contributed by atoms with Crippen LogP contribution >= 0.6 is 11.3 Å². The fraction of sp³-hybridized carbons (Fsp3) is 0.450. The number of carbonyl (C=O) groups is 2. The second kappa shape index (κ2) is 9.27. The number of thiophene rings is 1. The smallest absolute Gasteiger partial charge is 0.271 e. The lowest BCUT2D eigenvalue weighted by atomic mass is 10.1. The van der Waals surface area contributed by atoms with Gasteiger partial charge in [-0.1, -0.05) is 6.07 Å². The summed E-state index contributed by atoms with van der Waals surface area (Å²) in [6.07, 6.45) is 0. The van der Waals surface area contributed by atoms with Crippen molar-refractivity contribution in [3.63, 3.8) is 0 Å². The average molecular weight is 403 g/mol. The highest BCUT2D eigenvalue weighted by atomic mass is 32.1. The van der Waals surface area contributed by atoms with Crippen molar-refractivity contribution in [3.8, 4) is 0 Å². The van der Waals surface area contributed by atoms with Crippen molar-refractivity contribution in [2.45, 2.75) is 13.0 Å². The highest BCUT2D eigenvalue weighted by Crippen LogP contribution is 2.25. The zero-order chi connectivity index (χ0) is 20.1. The molecule has 3 rings (SSSR count). The fourth-order valence-electron chi connectivity index (χ4n) is 3.21. The first-order chi connectivity index (χ1) is 13.5. The maximum atomic E-state index is 12.8. The van der Waals surface area contributed by atoms with Gasteiger partial charge in [-0.25, -0.2) is 4.98 Å². The van der Waals surface area contributed by atoms with E-state index in [1.807, 2.05) is 6.07 Å². The van der Waals surface area contributed by atoms with Gasteiger partial charge in [-0.05, 0) is 30.5 Å². The molecule has 0 aromatic carbocycles. The van der Waals surface area contributed by atoms with E-state index in [0.29, 0.717) is 36.7 Å². The van der Waals surface area contributed by atoms with E-state index >= 15 is 0 Å². The van der Waals surface area contributed by atoms with Gasteiger partial charge >= 0.3 is 0 Å². The largest absolute Gasteiger partial charge is 0.379 e. The highest BCUT2D eigenvalue weighted by Gasteiger charge is 2.24. The minimum Gasteiger partial charge on any atom is -0.379 e. The van der Waals surface area contributed by atoms with Crippen molar-refractivity contribution >= 4 is 23.2 Å². The number of pyridine rings is 1. The standard InChI is InChI=1S/C20H26N4O3S/c1-14-15(6-7-16(22-14)20(26)23(2)3)19(25)21-13-17(18-5-4-12-28-18)24-8-10-27-11-9-24/h4-7,12,17H,8-11,13H2,1-3H3,(H,21,25). The first-order valence-corrected chi connectivity index (χ1v) is 10.2. The normalized spacial score (nSPS) is 15.8. The molecule has 150 valence electrons. The number of amides is 2. The Hall–Kier alpha value is -2.29. The molecule has 0 radical (unpaired) electrons. The molecule has 2 aromatic rings. The molecule has 1 N–H and O–H groups in total. The van der Waals surface area contributed by atoms with Crippen LogP contribution in [0.5, 0.6) is 0 Å². The molecule has 1 saturated heterocycles. The van der Waals surface area contributed by atoms with Gasteiger partial charge in [0, 0.05) is 38.6 Å². The molecule has 7 nitrogen and oxygen atoms in total. The van der Waals surface area contributed by atoms with Crippen molar-refractivity contribution in [1.29, 1.82) is 0 Å². The lowest BCUT2D eigenvalue weighted by Crippen LogP contribution is -2.43. The quantitative estimate of drug-likeness (QED) is 0.800. The van der Waals surface area contributed by atoms with Gasteiger partial charge in [0.1, 0.15) is 5.69 Å². The number of aromatic nitrogens is 1. The Morgan fingerprint density at radius 2 is 2.04 bits per heavy atom. The van der Waals surface area contributed by atoms with Gasteiger partial charge in [0.15, 0.2) is 0 Å². The Morgan fingerprint density at radius 3 is 2.64 bits per heavy atom. The summed E-state index contributed by atoms with van der Waals surface area (Å²) in [5.41, 5.74) is 1.37. The SMILES string of the molecule is Cc1nc(C(=O)N(C)C)ccc1C(=O)NCC(c1cccs1)N1CCOCC1. The number of nitrogens with zero attached hydrogens (tertiary/aromatic N) is 3. The highest BCUT2D eigenvalue weighted by molar-refractivity contribution is 7.10. The van der Waals surface area contributed by atoms with E-state index in [4.69, 9.17) is 4.74 Å². The number of nitrogens with one attached hydrogen (secondary N) is 1. The molecule has 1 aliphatic heterocycles. The summed E-state index contributed by atoms with van der Waals surface area (Å²) >= 11 is 1.69. The summed E-state index contributed by atoms with van der Waals surface area (Å²) in [5.74, 6) is -0.358. The summed E-state index contributed by atoms with van der Waals surface area (Å²) in [5, 5.41) is 5.10. The van der Waals surface area contributed by atoms with Crippen LogP contribution in [0.4, 0.5) is 0 Å². The number of aryl methyl sites for hydroxylation is 1. The Morgan fingerprint density at radius 1 is 1.29 bits per heavy atom. The molecular formula is C20H26N4O3S. The van der Waals surface area contributed by atoms with E-state index in [-0.39, 0.29) is 17.9 Å². The molecule has 0 saturated carbocycles. The topological polar surface area (TPSA) is 74.8 Å². The molecule has 1 fully saturated rings. The molecular weight excluding hydrogens is 376 g/mol. The van der Waals surface area contributed by atoms with Crippen molar-refractivity contribution in [2.75, 3.05) is 46.9 Å². The van der Waals surface area contributed by atoms with Gasteiger partial charge in [-0.15, -0.1) is 11.3 Å². The Bertz CT molecular complexity index is 817. The van der Waals surface area contributed by atoms with Gasteiger partial charge in [0.05, 0.1) is 30.5 Å². The minimum atomic E-state index is -0.180. The maximum Gasteiger partial charge on any atom is 0.271 e. The lowest BCUT2D eigenvalue weighted by Gasteiger charge is -2.34. The molecule has 1 atom stereocenters. The first kappa shape index (κ1) is 20.4. The number of ether oxygens (including phenoxy) is 1. The van der Waals surface area contributed by atoms with Crippen LogP contribution in [0.2, 0.25) is 0 Å². The maximum absolute atomic E-state index is 12.8. The van der Waals surface area contributed by atoms with Gasteiger partial charge in [0.2, 0.25) is 0 Å². The minimum absolute atomic E-state index is 0.121. The zero-order valence-corrected chi connectivity index (χ0v) is 17.3. The Labute approximate surface area is 169 Å². The molecule has 1 aliphatic rings. The molecule has 28 heavy (non-hydrogen) atoms. The average Bonchev–Trinajstić information content (AvgIpc) is 3.22. The third-order valence-corrected chi connectivity index (χ3v) is 5.74. The van der Waals surface area contributed by atoms with Crippen LogP contribution in [0.3, 0.4) is 0 Å². The van der Waals surface area contributed by atoms with E-state index in [2.05, 4.69) is 26.6 Å². The number of carbonyl (C=O) groups excluding carboxylic acids is 2. The molecule has 0 bridgehead atoms. The van der Waals surface area contributed by atoms with Crippen molar-refractivity contribution < 1.29 is 14.3 Å². The van der Waals surface area contributed by atoms with Gasteiger partial charge in [-0.3, -0.25) is 14.5 Å². The van der Waals surface area contributed by atoms with Crippen LogP contribution in [0.1, 0.15) is 37.5 Å². The van der Waals surface area contributed by atoms with E-state index in [0.717, 1.165) is 13.1 Å². The Kier molecular flexibility index (Phi) is 6.77. The van der Waals surface area contributed by atoms with Crippen LogP contribution in [0.25, 0.3) is 0 Å². The summed E-state index contributed by atoms with van der Waals surface area (Å²) in [6, 6.07) is 7.53. The van der Waals surface area contributed by atoms with E-state index in [1.54, 1.807) is 44.5 Å². The molecule has 0 spiro atoms. The predicted molar refractivity (Wildman–Crippen MR) is 109 cm³/mol. The van der Waals surface area contributed by atoms with E-state index in [1.165, 1.54) is 9.78 Å². The number of rotatable bonds is 6. The molecule has 3 heterocycles. The molecule has 1 unspecified atom stereocenters. The number of hydrogen-bond acceptors (Lipinski definition) is 6. The summed E-state index contributed by atoms with van der Waals surface area (Å²) in [6.45, 7) is 5.37. The third-order valence-electron chi connectivity index (χ3n) is 4.77. The van der Waals surface area contributed by atoms with Crippen molar-refractivity contribution in [2.24, 2.45) is 0 Å². The summed E-state index contributed by atoms with van der Waals surface area (Å²) in [4.78, 5) is 34.1. The molecule has 0 aliphatic carbocycles. The fourth-order valence-corrected chi connectivity index (χ4v) is 4.07. The van der Waals surface area contributed by atoms with Gasteiger partial charge in [0.25, 0.3) is 11.8 Å². The van der Waals surface area contributed by atoms with Crippen molar-refractivity contribution in [1.82, 2.24) is 20.1 Å². The van der Waals surface area contributed by atoms with Crippen molar-refractivity contribution in [3.05, 3.63) is 51.5 Å². The van der Waals surface area contributed by atoms with Crippen LogP contribution < -0.4 is 5.32 Å². The summed E-state index contributed by atoms with van der Waals surface area (Å²) in [7, 11) is 3.35. The van der Waals surface area contributed by atoms with Crippen LogP contribution in [-0.2, 0) is 4.74 Å².